The second kappa shape index (κ2) is 6.02. The molecule has 2 heterocycles. The number of hydrogen-bond acceptors (Lipinski definition) is 3. The monoisotopic (exact) mass is 292 g/mol. The molecule has 114 valence electrons. The predicted octanol–water partition coefficient (Wildman–Crippen LogP) is 1.80. The number of nitrogens with zero attached hydrogens (tertiary/aromatic N) is 1. The zero-order valence-corrected chi connectivity index (χ0v) is 12.2. The van der Waals surface area contributed by atoms with Gasteiger partial charge in [-0.15, -0.1) is 0 Å². The van der Waals surface area contributed by atoms with Gasteiger partial charge in [0.2, 0.25) is 5.91 Å². The lowest BCUT2D eigenvalue weighted by Crippen LogP contribution is -2.40. The fourth-order valence-corrected chi connectivity index (χ4v) is 3.32. The van der Waals surface area contributed by atoms with Gasteiger partial charge in [0.1, 0.15) is 18.2 Å². The topological polar surface area (TPSA) is 41.6 Å². The van der Waals surface area contributed by atoms with E-state index in [-0.39, 0.29) is 17.6 Å². The number of likely N-dealkylation sites (N-methyl/N-ethyl adjacent to an activating group) is 1. The summed E-state index contributed by atoms with van der Waals surface area (Å²) >= 11 is 0. The Hall–Kier alpha value is -1.62. The van der Waals surface area contributed by atoms with E-state index in [4.69, 9.17) is 4.74 Å². The number of rotatable bonds is 5. The number of hydrogen-bond donors (Lipinski definition) is 1. The summed E-state index contributed by atoms with van der Waals surface area (Å²) in [5.41, 5.74) is 0. The highest BCUT2D eigenvalue weighted by Crippen LogP contribution is 2.34. The summed E-state index contributed by atoms with van der Waals surface area (Å²) in [7, 11) is 1.82. The second-order valence-electron chi connectivity index (χ2n) is 5.95. The lowest BCUT2D eigenvalue weighted by Gasteiger charge is -2.25. The molecule has 21 heavy (non-hydrogen) atoms. The normalized spacial score (nSPS) is 26.9. The summed E-state index contributed by atoms with van der Waals surface area (Å²) in [6, 6.07) is 6.82. The van der Waals surface area contributed by atoms with Crippen LogP contribution in [0.3, 0.4) is 0 Å². The minimum Gasteiger partial charge on any atom is -0.492 e. The molecule has 1 N–H and O–H groups in total. The van der Waals surface area contributed by atoms with Gasteiger partial charge in [0.15, 0.2) is 0 Å². The third-order valence-electron chi connectivity index (χ3n) is 4.50. The summed E-state index contributed by atoms with van der Waals surface area (Å²) in [6.45, 7) is 0.964. The molecule has 1 amide bonds. The van der Waals surface area contributed by atoms with Gasteiger partial charge in [0.05, 0.1) is 12.5 Å². The van der Waals surface area contributed by atoms with E-state index in [9.17, 15) is 9.18 Å². The van der Waals surface area contributed by atoms with E-state index in [1.54, 1.807) is 17.0 Å². The number of carbonyl (C=O) groups excluding carboxylic acids is 1. The average Bonchev–Trinajstić information content (AvgIpc) is 3.11. The summed E-state index contributed by atoms with van der Waals surface area (Å²) in [6.07, 6.45) is 3.28. The van der Waals surface area contributed by atoms with E-state index in [1.165, 1.54) is 18.6 Å². The van der Waals surface area contributed by atoms with Gasteiger partial charge < -0.3 is 15.0 Å². The van der Waals surface area contributed by atoms with Gasteiger partial charge in [-0.3, -0.25) is 4.79 Å². The van der Waals surface area contributed by atoms with Crippen molar-refractivity contribution in [3.8, 4) is 5.75 Å². The molecule has 3 rings (SSSR count). The molecular weight excluding hydrogens is 271 g/mol. The van der Waals surface area contributed by atoms with Gasteiger partial charge in [0.25, 0.3) is 0 Å². The number of amides is 1. The number of benzene rings is 1. The Kier molecular flexibility index (Phi) is 4.10. The number of nitrogens with one attached hydrogen (secondary N) is 1. The summed E-state index contributed by atoms with van der Waals surface area (Å²) in [4.78, 5) is 14.1. The van der Waals surface area contributed by atoms with E-state index in [2.05, 4.69) is 5.32 Å². The van der Waals surface area contributed by atoms with Crippen LogP contribution in [0.15, 0.2) is 24.3 Å². The molecule has 5 heteroatoms. The quantitative estimate of drug-likeness (QED) is 0.900. The smallest absolute Gasteiger partial charge is 0.227 e. The first kappa shape index (κ1) is 14.3. The van der Waals surface area contributed by atoms with Crippen LogP contribution >= 0.6 is 0 Å². The molecule has 0 aliphatic carbocycles. The van der Waals surface area contributed by atoms with Gasteiger partial charge in [-0.05, 0) is 43.5 Å². The summed E-state index contributed by atoms with van der Waals surface area (Å²) in [5.74, 6) is 0.675. The standard InChI is InChI=1S/C16H21FN2O2/c1-19(8-9-21-13-5-2-11(17)3-6-13)16(20)14-10-12-4-7-15(14)18-12/h2-3,5-6,12,14-15,18H,4,7-10H2,1H3. The molecule has 2 aliphatic heterocycles. The summed E-state index contributed by atoms with van der Waals surface area (Å²) in [5, 5.41) is 3.49. The number of carbonyl (C=O) groups is 1. The molecule has 3 atom stereocenters. The van der Waals surface area contributed by atoms with Crippen LogP contribution < -0.4 is 10.1 Å². The lowest BCUT2D eigenvalue weighted by atomic mass is 9.88. The molecule has 0 saturated carbocycles. The largest absolute Gasteiger partial charge is 0.492 e. The Labute approximate surface area is 124 Å². The average molecular weight is 292 g/mol. The number of fused-ring (bicyclic) bond motifs is 2. The maximum absolute atomic E-state index is 12.8. The zero-order valence-electron chi connectivity index (χ0n) is 12.2. The maximum atomic E-state index is 12.8. The van der Waals surface area contributed by atoms with Gasteiger partial charge in [-0.25, -0.2) is 4.39 Å². The van der Waals surface area contributed by atoms with Crippen molar-refractivity contribution < 1.29 is 13.9 Å². The van der Waals surface area contributed by atoms with E-state index in [0.717, 1.165) is 12.8 Å². The van der Waals surface area contributed by atoms with Gasteiger partial charge >= 0.3 is 0 Å². The minimum atomic E-state index is -0.279. The van der Waals surface area contributed by atoms with Crippen molar-refractivity contribution >= 4 is 5.91 Å². The fraction of sp³-hybridized carbons (Fsp3) is 0.562. The van der Waals surface area contributed by atoms with Gasteiger partial charge in [-0.2, -0.15) is 0 Å². The van der Waals surface area contributed by atoms with Crippen molar-refractivity contribution in [1.82, 2.24) is 10.2 Å². The van der Waals surface area contributed by atoms with Crippen LogP contribution in [0.25, 0.3) is 0 Å². The van der Waals surface area contributed by atoms with Crippen molar-refractivity contribution in [3.63, 3.8) is 0 Å². The van der Waals surface area contributed by atoms with E-state index in [0.29, 0.717) is 31.0 Å². The van der Waals surface area contributed by atoms with Crippen molar-refractivity contribution in [2.75, 3.05) is 20.2 Å². The van der Waals surface area contributed by atoms with Crippen LogP contribution in [-0.4, -0.2) is 43.1 Å². The van der Waals surface area contributed by atoms with Crippen molar-refractivity contribution in [3.05, 3.63) is 30.1 Å². The van der Waals surface area contributed by atoms with E-state index < -0.39 is 0 Å². The van der Waals surface area contributed by atoms with Gasteiger partial charge in [0, 0.05) is 19.1 Å². The first-order valence-electron chi connectivity index (χ1n) is 7.53. The molecule has 0 spiro atoms. The molecule has 2 aliphatic rings. The molecule has 0 radical (unpaired) electrons. The lowest BCUT2D eigenvalue weighted by molar-refractivity contribution is -0.135. The zero-order chi connectivity index (χ0) is 14.8. The van der Waals surface area contributed by atoms with Crippen LogP contribution in [0.5, 0.6) is 5.75 Å². The highest BCUT2D eigenvalue weighted by molar-refractivity contribution is 5.80. The van der Waals surface area contributed by atoms with Crippen molar-refractivity contribution in [2.45, 2.75) is 31.3 Å². The third kappa shape index (κ3) is 3.18. The molecule has 1 aromatic rings. The Morgan fingerprint density at radius 1 is 1.38 bits per heavy atom. The molecule has 2 saturated heterocycles. The minimum absolute atomic E-state index is 0.125. The molecule has 1 aromatic carbocycles. The molecule has 2 bridgehead atoms. The Morgan fingerprint density at radius 3 is 2.76 bits per heavy atom. The fourth-order valence-electron chi connectivity index (χ4n) is 3.32. The van der Waals surface area contributed by atoms with E-state index in [1.807, 2.05) is 7.05 Å². The number of ether oxygens (including phenoxy) is 1. The van der Waals surface area contributed by atoms with Crippen LogP contribution in [0, 0.1) is 11.7 Å². The first-order valence-corrected chi connectivity index (χ1v) is 7.53. The highest BCUT2D eigenvalue weighted by atomic mass is 19.1. The third-order valence-corrected chi connectivity index (χ3v) is 4.50. The molecule has 4 nitrogen and oxygen atoms in total. The van der Waals surface area contributed by atoms with Crippen LogP contribution in [0.2, 0.25) is 0 Å². The predicted molar refractivity (Wildman–Crippen MR) is 77.6 cm³/mol. The van der Waals surface area contributed by atoms with Crippen LogP contribution in [0.1, 0.15) is 19.3 Å². The molecule has 0 aromatic heterocycles. The van der Waals surface area contributed by atoms with Crippen LogP contribution in [-0.2, 0) is 4.79 Å². The first-order chi connectivity index (χ1) is 10.1. The van der Waals surface area contributed by atoms with Crippen molar-refractivity contribution in [1.29, 1.82) is 0 Å². The Balaban J connectivity index is 1.44. The molecule has 3 unspecified atom stereocenters. The highest BCUT2D eigenvalue weighted by Gasteiger charge is 2.43. The van der Waals surface area contributed by atoms with E-state index >= 15 is 0 Å². The summed E-state index contributed by atoms with van der Waals surface area (Å²) < 4.78 is 18.3. The maximum Gasteiger partial charge on any atom is 0.227 e. The van der Waals surface area contributed by atoms with Crippen LogP contribution in [0.4, 0.5) is 4.39 Å². The Morgan fingerprint density at radius 2 is 2.14 bits per heavy atom. The Bertz CT molecular complexity index is 506. The van der Waals surface area contributed by atoms with Crippen molar-refractivity contribution in [2.24, 2.45) is 5.92 Å². The second-order valence-corrected chi connectivity index (χ2v) is 5.95. The molecule has 2 fully saturated rings. The SMILES string of the molecule is CN(CCOc1ccc(F)cc1)C(=O)C1CC2CCC1N2. The molecular formula is C16H21FN2O2. The van der Waals surface area contributed by atoms with Gasteiger partial charge in [-0.1, -0.05) is 0 Å². The number of halogens is 1.